The molecule has 0 unspecified atom stereocenters. The van der Waals surface area contributed by atoms with E-state index in [0.717, 1.165) is 37.0 Å². The molecular formula is C22H27N3O5. The number of carbonyl (C=O) groups excluding carboxylic acids is 4. The van der Waals surface area contributed by atoms with Gasteiger partial charge in [-0.05, 0) is 32.1 Å². The highest BCUT2D eigenvalue weighted by molar-refractivity contribution is 6.08. The number of amides is 4. The van der Waals surface area contributed by atoms with Gasteiger partial charge in [0.2, 0.25) is 6.10 Å². The number of carbonyl (C=O) groups is 4. The number of esters is 1. The maximum Gasteiger partial charge on any atom is 0.327 e. The molecular weight excluding hydrogens is 386 g/mol. The van der Waals surface area contributed by atoms with Gasteiger partial charge in [-0.15, -0.1) is 0 Å². The number of nitrogens with zero attached hydrogens (tertiary/aromatic N) is 2. The molecule has 1 spiro atoms. The first-order chi connectivity index (χ1) is 14.5. The van der Waals surface area contributed by atoms with Crippen LogP contribution in [-0.4, -0.2) is 58.8 Å². The van der Waals surface area contributed by atoms with Crippen LogP contribution >= 0.6 is 0 Å². The Morgan fingerprint density at radius 3 is 2.33 bits per heavy atom. The first-order valence-electron chi connectivity index (χ1n) is 10.7. The predicted octanol–water partition coefficient (Wildman–Crippen LogP) is 2.15. The number of imide groups is 1. The minimum absolute atomic E-state index is 0.265. The van der Waals surface area contributed by atoms with E-state index in [1.165, 1.54) is 0 Å². The molecule has 2 heterocycles. The number of hydrogen-bond acceptors (Lipinski definition) is 5. The van der Waals surface area contributed by atoms with Gasteiger partial charge < -0.3 is 15.0 Å². The van der Waals surface area contributed by atoms with Gasteiger partial charge in [0.15, 0.2) is 0 Å². The summed E-state index contributed by atoms with van der Waals surface area (Å²) in [5.74, 6) is -1.41. The van der Waals surface area contributed by atoms with E-state index in [0.29, 0.717) is 31.5 Å². The quantitative estimate of drug-likeness (QED) is 0.589. The molecule has 1 aromatic carbocycles. The highest BCUT2D eigenvalue weighted by Crippen LogP contribution is 2.35. The van der Waals surface area contributed by atoms with E-state index in [4.69, 9.17) is 4.74 Å². The van der Waals surface area contributed by atoms with E-state index >= 15 is 0 Å². The van der Waals surface area contributed by atoms with Crippen LogP contribution in [0.5, 0.6) is 0 Å². The fourth-order valence-corrected chi connectivity index (χ4v) is 4.60. The van der Waals surface area contributed by atoms with Gasteiger partial charge in [-0.1, -0.05) is 43.2 Å². The third-order valence-electron chi connectivity index (χ3n) is 6.23. The van der Waals surface area contributed by atoms with Crippen molar-refractivity contribution in [3.63, 3.8) is 0 Å². The van der Waals surface area contributed by atoms with Crippen molar-refractivity contribution in [1.82, 2.24) is 15.1 Å². The smallest absolute Gasteiger partial charge is 0.327 e. The summed E-state index contributed by atoms with van der Waals surface area (Å²) in [4.78, 5) is 53.5. The Morgan fingerprint density at radius 1 is 1.00 bits per heavy atom. The highest BCUT2D eigenvalue weighted by atomic mass is 16.5. The second-order valence-corrected chi connectivity index (χ2v) is 8.28. The molecule has 160 valence electrons. The lowest BCUT2D eigenvalue weighted by Gasteiger charge is -2.30. The molecule has 1 atom stereocenters. The SMILES string of the molecule is O=C(CN1C(=O)NC2(CCCC2)C1=O)O[C@H](C(=O)N1CCCCC1)c1ccccc1. The summed E-state index contributed by atoms with van der Waals surface area (Å²) < 4.78 is 5.56. The molecule has 1 saturated carbocycles. The van der Waals surface area contributed by atoms with E-state index < -0.39 is 30.2 Å². The zero-order chi connectivity index (χ0) is 21.1. The van der Waals surface area contributed by atoms with Crippen LogP contribution in [-0.2, 0) is 19.1 Å². The molecule has 3 aliphatic rings. The second-order valence-electron chi connectivity index (χ2n) is 8.28. The lowest BCUT2D eigenvalue weighted by molar-refractivity contribution is -0.162. The van der Waals surface area contributed by atoms with Gasteiger partial charge in [0.25, 0.3) is 11.8 Å². The Balaban J connectivity index is 1.47. The van der Waals surface area contributed by atoms with Crippen molar-refractivity contribution in [3.05, 3.63) is 35.9 Å². The van der Waals surface area contributed by atoms with Crippen LogP contribution in [0.3, 0.4) is 0 Å². The second kappa shape index (κ2) is 8.45. The molecule has 1 aromatic rings. The lowest BCUT2D eigenvalue weighted by atomic mass is 9.98. The van der Waals surface area contributed by atoms with Crippen molar-refractivity contribution in [3.8, 4) is 0 Å². The van der Waals surface area contributed by atoms with Crippen LogP contribution in [0.25, 0.3) is 0 Å². The van der Waals surface area contributed by atoms with Gasteiger partial charge in [0.05, 0.1) is 0 Å². The minimum Gasteiger partial charge on any atom is -0.446 e. The summed E-state index contributed by atoms with van der Waals surface area (Å²) in [5.41, 5.74) is -0.300. The number of piperidine rings is 1. The fourth-order valence-electron chi connectivity index (χ4n) is 4.60. The van der Waals surface area contributed by atoms with Gasteiger partial charge in [0.1, 0.15) is 12.1 Å². The Hall–Kier alpha value is -2.90. The third kappa shape index (κ3) is 3.91. The van der Waals surface area contributed by atoms with Crippen LogP contribution in [0, 0.1) is 0 Å². The van der Waals surface area contributed by atoms with Crippen molar-refractivity contribution in [2.75, 3.05) is 19.6 Å². The fraction of sp³-hybridized carbons (Fsp3) is 0.545. The molecule has 8 heteroatoms. The average molecular weight is 413 g/mol. The number of nitrogens with one attached hydrogen (secondary N) is 1. The number of rotatable bonds is 5. The van der Waals surface area contributed by atoms with Crippen LogP contribution in [0.15, 0.2) is 30.3 Å². The van der Waals surface area contributed by atoms with E-state index in [-0.39, 0.29) is 11.8 Å². The van der Waals surface area contributed by atoms with Crippen molar-refractivity contribution >= 4 is 23.8 Å². The molecule has 1 N–H and O–H groups in total. The van der Waals surface area contributed by atoms with Gasteiger partial charge in [0, 0.05) is 18.7 Å². The first kappa shape index (κ1) is 20.4. The van der Waals surface area contributed by atoms with Gasteiger partial charge in [-0.2, -0.15) is 0 Å². The molecule has 3 fully saturated rings. The standard InChI is InChI=1S/C22H27N3O5/c26-17(15-25-20(28)22(23-21(25)29)11-5-6-12-22)30-18(16-9-3-1-4-10-16)19(27)24-13-7-2-8-14-24/h1,3-4,9-10,18H,2,5-8,11-15H2,(H,23,29)/t18-/m0/s1. The van der Waals surface area contributed by atoms with Gasteiger partial charge >= 0.3 is 12.0 Å². The van der Waals surface area contributed by atoms with Crippen LogP contribution < -0.4 is 5.32 Å². The van der Waals surface area contributed by atoms with Crippen molar-refractivity contribution in [1.29, 1.82) is 0 Å². The molecule has 0 aromatic heterocycles. The van der Waals surface area contributed by atoms with Crippen LogP contribution in [0.1, 0.15) is 56.6 Å². The minimum atomic E-state index is -1.09. The maximum absolute atomic E-state index is 13.1. The largest absolute Gasteiger partial charge is 0.446 e. The first-order valence-corrected chi connectivity index (χ1v) is 10.7. The molecule has 0 radical (unpaired) electrons. The van der Waals surface area contributed by atoms with Crippen LogP contribution in [0.2, 0.25) is 0 Å². The normalized spacial score (nSPS) is 21.6. The maximum atomic E-state index is 13.1. The lowest BCUT2D eigenvalue weighted by Crippen LogP contribution is -2.45. The van der Waals surface area contributed by atoms with E-state index in [1.807, 2.05) is 6.07 Å². The average Bonchev–Trinajstić information content (AvgIpc) is 3.33. The Kier molecular flexibility index (Phi) is 5.74. The van der Waals surface area contributed by atoms with E-state index in [1.54, 1.807) is 29.2 Å². The van der Waals surface area contributed by atoms with Crippen molar-refractivity contribution < 1.29 is 23.9 Å². The number of ether oxygens (including phenoxy) is 1. The molecule has 0 bridgehead atoms. The summed E-state index contributed by atoms with van der Waals surface area (Å²) in [6.07, 6.45) is 4.74. The molecule has 8 nitrogen and oxygen atoms in total. The monoisotopic (exact) mass is 413 g/mol. The number of benzene rings is 1. The predicted molar refractivity (Wildman–Crippen MR) is 107 cm³/mol. The summed E-state index contributed by atoms with van der Waals surface area (Å²) in [6.45, 7) is 0.771. The summed E-state index contributed by atoms with van der Waals surface area (Å²) in [6, 6.07) is 8.28. The highest BCUT2D eigenvalue weighted by Gasteiger charge is 2.53. The zero-order valence-electron chi connectivity index (χ0n) is 17.0. The number of hydrogen-bond donors (Lipinski definition) is 1. The summed E-state index contributed by atoms with van der Waals surface area (Å²) in [5, 5.41) is 2.75. The van der Waals surface area contributed by atoms with E-state index in [9.17, 15) is 19.2 Å². The Labute approximate surface area is 175 Å². The zero-order valence-corrected chi connectivity index (χ0v) is 17.0. The Morgan fingerprint density at radius 2 is 1.67 bits per heavy atom. The van der Waals surface area contributed by atoms with Crippen molar-refractivity contribution in [2.24, 2.45) is 0 Å². The third-order valence-corrected chi connectivity index (χ3v) is 6.23. The van der Waals surface area contributed by atoms with Crippen LogP contribution in [0.4, 0.5) is 4.79 Å². The molecule has 1 aliphatic carbocycles. The molecule has 4 rings (SSSR count). The topological polar surface area (TPSA) is 96.0 Å². The van der Waals surface area contributed by atoms with Gasteiger partial charge in [-0.3, -0.25) is 19.3 Å². The summed E-state index contributed by atoms with van der Waals surface area (Å²) >= 11 is 0. The number of urea groups is 1. The molecule has 4 amide bonds. The molecule has 2 saturated heterocycles. The van der Waals surface area contributed by atoms with Crippen molar-refractivity contribution in [2.45, 2.75) is 56.6 Å². The Bertz CT molecular complexity index is 828. The molecule has 2 aliphatic heterocycles. The van der Waals surface area contributed by atoms with Gasteiger partial charge in [-0.25, -0.2) is 4.79 Å². The number of likely N-dealkylation sites (tertiary alicyclic amines) is 1. The summed E-state index contributed by atoms with van der Waals surface area (Å²) in [7, 11) is 0. The van der Waals surface area contributed by atoms with E-state index in [2.05, 4.69) is 5.32 Å². The molecule has 30 heavy (non-hydrogen) atoms.